The average Bonchev–Trinajstić information content (AvgIpc) is 2.91. The molecule has 3 atom stereocenters. The van der Waals surface area contributed by atoms with Crippen LogP contribution in [0, 0.1) is 11.8 Å². The van der Waals surface area contributed by atoms with Crippen LogP contribution in [-0.2, 0) is 29.0 Å². The number of benzene rings is 1. The van der Waals surface area contributed by atoms with Gasteiger partial charge in [-0.15, -0.1) is 13.2 Å². The lowest BCUT2D eigenvalue weighted by Gasteiger charge is -2.43. The number of Topliss-reactive ketones (excluding diaryl/α,β-unsaturated/α-hetero) is 1. The number of allylic oxidation sites excluding steroid dienone is 2. The molecule has 7 nitrogen and oxygen atoms in total. The van der Waals surface area contributed by atoms with Crippen molar-refractivity contribution in [2.24, 2.45) is 16.2 Å². The molecule has 0 heterocycles. The zero-order valence-corrected chi connectivity index (χ0v) is 31.0. The summed E-state index contributed by atoms with van der Waals surface area (Å²) in [4.78, 5) is 14.4. The number of hydrogen-bond acceptors (Lipinski definition) is 6. The summed E-state index contributed by atoms with van der Waals surface area (Å²) in [5.74, 6) is -0.979. The van der Waals surface area contributed by atoms with Crippen molar-refractivity contribution in [1.82, 2.24) is 4.31 Å². The molecule has 10 heteroatoms. The Morgan fingerprint density at radius 3 is 2.00 bits per heavy atom. The van der Waals surface area contributed by atoms with Gasteiger partial charge in [-0.1, -0.05) is 71.0 Å². The summed E-state index contributed by atoms with van der Waals surface area (Å²) >= 11 is 0. The minimum atomic E-state index is -3.87. The fourth-order valence-electron chi connectivity index (χ4n) is 4.34. The van der Waals surface area contributed by atoms with Gasteiger partial charge in [0.25, 0.3) is 0 Å². The van der Waals surface area contributed by atoms with Crippen LogP contribution in [0.3, 0.4) is 0 Å². The van der Waals surface area contributed by atoms with Gasteiger partial charge in [0.15, 0.2) is 14.1 Å². The van der Waals surface area contributed by atoms with E-state index in [0.29, 0.717) is 11.3 Å². The fraction of sp³-hybridized carbons (Fsp3) is 0.606. The van der Waals surface area contributed by atoms with Gasteiger partial charge in [0.2, 0.25) is 10.0 Å². The van der Waals surface area contributed by atoms with Crippen LogP contribution >= 0.6 is 0 Å². The first kappa shape index (κ1) is 39.2. The van der Waals surface area contributed by atoms with E-state index in [1.807, 2.05) is 19.9 Å². The van der Waals surface area contributed by atoms with Crippen LogP contribution in [0.2, 0.25) is 18.1 Å². The third-order valence-electron chi connectivity index (χ3n) is 8.21. The van der Waals surface area contributed by atoms with Crippen molar-refractivity contribution in [3.05, 3.63) is 66.6 Å². The lowest BCUT2D eigenvalue weighted by atomic mass is 9.87. The molecule has 0 spiro atoms. The van der Waals surface area contributed by atoms with Crippen LogP contribution in [0.25, 0.3) is 0 Å². The van der Waals surface area contributed by atoms with E-state index in [0.717, 1.165) is 0 Å². The zero-order valence-electron chi connectivity index (χ0n) is 28.3. The number of carbonyl (C=O) groups excluding carboxylic acids is 1. The van der Waals surface area contributed by atoms with E-state index in [2.05, 4.69) is 51.4 Å². The quantitative estimate of drug-likeness (QED) is 0.103. The van der Waals surface area contributed by atoms with Gasteiger partial charge in [0.1, 0.15) is 9.73 Å². The fourth-order valence-corrected chi connectivity index (χ4v) is 8.86. The molecule has 1 aromatic rings. The Morgan fingerprint density at radius 2 is 1.58 bits per heavy atom. The van der Waals surface area contributed by atoms with Crippen molar-refractivity contribution >= 4 is 33.9 Å². The van der Waals surface area contributed by atoms with Crippen molar-refractivity contribution in [2.45, 2.75) is 102 Å². The Bertz CT molecular complexity index is 1360. The Labute approximate surface area is 264 Å². The normalized spacial score (nSPS) is 16.4. The molecule has 1 aromatic carbocycles. The molecule has 1 unspecified atom stereocenters. The summed E-state index contributed by atoms with van der Waals surface area (Å²) in [7, 11) is -8.05. The smallest absolute Gasteiger partial charge is 0.219 e. The van der Waals surface area contributed by atoms with Crippen molar-refractivity contribution in [1.29, 1.82) is 0 Å². The van der Waals surface area contributed by atoms with E-state index in [4.69, 9.17) is 4.43 Å². The minimum absolute atomic E-state index is 0.0636. The van der Waals surface area contributed by atoms with Crippen molar-refractivity contribution in [3.8, 4) is 0 Å². The molecule has 43 heavy (non-hydrogen) atoms. The van der Waals surface area contributed by atoms with E-state index in [9.17, 15) is 17.4 Å². The predicted molar refractivity (Wildman–Crippen MR) is 185 cm³/mol. The Balaban J connectivity index is 4.15. The lowest BCUT2D eigenvalue weighted by molar-refractivity contribution is -0.114. The number of nitrogens with zero attached hydrogens (tertiary/aromatic N) is 2. The molecule has 0 N–H and O–H groups in total. The Kier molecular flexibility index (Phi) is 14.1. The largest absolute Gasteiger partial charge is 0.415 e. The second-order valence-corrected chi connectivity index (χ2v) is 23.5. The third-order valence-corrected chi connectivity index (χ3v) is 17.7. The molecule has 0 fully saturated rings. The zero-order chi connectivity index (χ0) is 33.4. The number of ketones is 1. The predicted octanol–water partition coefficient (Wildman–Crippen LogP) is 7.84. The molecule has 0 amide bonds. The Morgan fingerprint density at radius 1 is 1.02 bits per heavy atom. The van der Waals surface area contributed by atoms with Gasteiger partial charge in [0, 0.05) is 20.0 Å². The first-order valence-corrected chi connectivity index (χ1v) is 20.8. The highest BCUT2D eigenvalue weighted by atomic mass is 32.2. The number of rotatable bonds is 16. The SMILES string of the molecule is C=CCCC(=O)/C(=C\[C@@H](C(C)C)[C@@H](CO[Si](C)(C)C(C)(C)C)N(CC=C)S(=O)(=O)C(C)(C)C)S(=O)(=NC)c1ccccc1. The first-order chi connectivity index (χ1) is 19.6. The van der Waals surface area contributed by atoms with Crippen LogP contribution in [0.4, 0.5) is 0 Å². The van der Waals surface area contributed by atoms with Crippen molar-refractivity contribution < 1.29 is 21.8 Å². The molecule has 244 valence electrons. The molecule has 0 aliphatic heterocycles. The van der Waals surface area contributed by atoms with Crippen molar-refractivity contribution in [3.63, 3.8) is 0 Å². The summed E-state index contributed by atoms with van der Waals surface area (Å²) < 4.78 is 54.3. The van der Waals surface area contributed by atoms with Gasteiger partial charge in [-0.2, -0.15) is 4.31 Å². The average molecular weight is 653 g/mol. The molecule has 0 aliphatic rings. The van der Waals surface area contributed by atoms with Crippen molar-refractivity contribution in [2.75, 3.05) is 20.2 Å². The van der Waals surface area contributed by atoms with E-state index >= 15 is 0 Å². The Hall–Kier alpha value is -1.85. The van der Waals surface area contributed by atoms with Gasteiger partial charge in [-0.25, -0.2) is 17.0 Å². The highest BCUT2D eigenvalue weighted by Crippen LogP contribution is 2.39. The second-order valence-electron chi connectivity index (χ2n) is 13.7. The van der Waals surface area contributed by atoms with Crippen LogP contribution in [0.15, 0.2) is 75.9 Å². The molecule has 0 bridgehead atoms. The molecule has 0 saturated heterocycles. The van der Waals surface area contributed by atoms with Gasteiger partial charge >= 0.3 is 0 Å². The maximum Gasteiger partial charge on any atom is 0.219 e. The van der Waals surface area contributed by atoms with Crippen LogP contribution in [0.1, 0.15) is 68.2 Å². The number of carbonyl (C=O) groups is 1. The van der Waals surface area contributed by atoms with E-state index in [-0.39, 0.29) is 41.2 Å². The molecule has 0 saturated carbocycles. The summed E-state index contributed by atoms with van der Waals surface area (Å²) in [5.41, 5.74) is 0. The van der Waals surface area contributed by atoms with E-state index in [1.165, 1.54) is 11.4 Å². The van der Waals surface area contributed by atoms with Gasteiger partial charge in [-0.05, 0) is 69.3 Å². The maximum atomic E-state index is 14.7. The number of sulfonamides is 1. The van der Waals surface area contributed by atoms with Gasteiger partial charge < -0.3 is 4.43 Å². The molecular formula is C33H56N2O5S2Si. The summed E-state index contributed by atoms with van der Waals surface area (Å²) in [6.07, 6.45) is 5.48. The van der Waals surface area contributed by atoms with Gasteiger partial charge in [-0.3, -0.25) is 4.79 Å². The second kappa shape index (κ2) is 15.4. The topological polar surface area (TPSA) is 93.1 Å². The summed E-state index contributed by atoms with van der Waals surface area (Å²) in [6.45, 7) is 27.4. The van der Waals surface area contributed by atoms with E-state index < -0.39 is 44.8 Å². The molecular weight excluding hydrogens is 597 g/mol. The standard InChI is InChI=1S/C33H56N2O5S2Si/c1-14-16-22-30(36)31(41(37,34-11)27-20-18-17-19-21-27)24-28(26(3)4)29(25-40-43(12,13)33(8,9)10)35(23-15-2)42(38,39)32(5,6)7/h14-15,17-21,24,26,28-29H,1-2,16,22-23,25H2,3-13H3/b31-24+/t28-,29+,41?/m0/s1. The third kappa shape index (κ3) is 9.57. The molecule has 0 aromatic heterocycles. The van der Waals surface area contributed by atoms with Crippen LogP contribution in [0.5, 0.6) is 0 Å². The minimum Gasteiger partial charge on any atom is -0.415 e. The summed E-state index contributed by atoms with van der Waals surface area (Å²) in [6, 6.07) is 8.07. The molecule has 0 radical (unpaired) electrons. The van der Waals surface area contributed by atoms with Gasteiger partial charge in [0.05, 0.1) is 27.2 Å². The summed E-state index contributed by atoms with van der Waals surface area (Å²) in [5, 5.41) is -0.110. The van der Waals surface area contributed by atoms with E-state index in [1.54, 1.807) is 63.3 Å². The lowest BCUT2D eigenvalue weighted by Crippen LogP contribution is -2.55. The molecule has 0 aliphatic carbocycles. The van der Waals surface area contributed by atoms with Crippen LogP contribution in [-0.4, -0.2) is 62.0 Å². The maximum absolute atomic E-state index is 14.7. The highest BCUT2D eigenvalue weighted by Gasteiger charge is 2.45. The molecule has 1 rings (SSSR count). The monoisotopic (exact) mass is 652 g/mol. The first-order valence-electron chi connectivity index (χ1n) is 14.9. The number of hydrogen-bond donors (Lipinski definition) is 0. The highest BCUT2D eigenvalue weighted by molar-refractivity contribution is 7.98. The van der Waals surface area contributed by atoms with Crippen LogP contribution < -0.4 is 0 Å².